The molecule has 3 heterocycles. The fraction of sp³-hybridized carbons (Fsp3) is 0.375. The summed E-state index contributed by atoms with van der Waals surface area (Å²) >= 11 is 15.7. The van der Waals surface area contributed by atoms with Crippen molar-refractivity contribution in [3.05, 3.63) is 67.5 Å². The molecule has 0 saturated carbocycles. The molecule has 2 radical (unpaired) electrons. The van der Waals surface area contributed by atoms with Crippen LogP contribution in [0.2, 0.25) is 15.5 Å². The van der Waals surface area contributed by atoms with Crippen LogP contribution in [-0.4, -0.2) is 49.5 Å². The molecule has 0 spiro atoms. The van der Waals surface area contributed by atoms with Crippen LogP contribution in [-0.2, 0) is 6.42 Å². The maximum absolute atomic E-state index is 10.2. The molecule has 3 rings (SSSR count). The van der Waals surface area contributed by atoms with Gasteiger partial charge in [-0.05, 0) is 62.4 Å². The van der Waals surface area contributed by atoms with E-state index < -0.39 is 29.4 Å². The Hall–Kier alpha value is -1.74. The van der Waals surface area contributed by atoms with E-state index in [4.69, 9.17) is 80.7 Å². The van der Waals surface area contributed by atoms with Crippen LogP contribution < -0.4 is 22.9 Å². The fourth-order valence-electron chi connectivity index (χ4n) is 2.26. The van der Waals surface area contributed by atoms with E-state index in [1.54, 1.807) is 39.0 Å². The first-order chi connectivity index (χ1) is 18.6. The summed E-state index contributed by atoms with van der Waals surface area (Å²) in [6, 6.07) is 9.45. The van der Waals surface area contributed by atoms with Crippen LogP contribution >= 0.6 is 52.6 Å². The van der Waals surface area contributed by atoms with Gasteiger partial charge in [0, 0.05) is 6.07 Å². The summed E-state index contributed by atoms with van der Waals surface area (Å²) < 4.78 is 0. The molecule has 9 N–H and O–H groups in total. The van der Waals surface area contributed by atoms with Crippen LogP contribution in [0.4, 0.5) is 28.8 Å². The molecule has 0 atom stereocenters. The molecule has 17 heteroatoms. The Labute approximate surface area is 273 Å². The molecule has 3 aromatic heterocycles. The van der Waals surface area contributed by atoms with Crippen molar-refractivity contribution in [3.63, 3.8) is 0 Å². The van der Waals surface area contributed by atoms with E-state index in [2.05, 4.69) is 35.7 Å². The first-order valence-electron chi connectivity index (χ1n) is 11.4. The molecule has 11 nitrogen and oxygen atoms in total. The minimum absolute atomic E-state index is 0.146. The molecule has 41 heavy (non-hydrogen) atoms. The van der Waals surface area contributed by atoms with Crippen LogP contribution in [0.25, 0.3) is 0 Å². The Bertz CT molecular complexity index is 1220. The normalized spacial score (nSPS) is 10.2. The molecule has 0 bridgehead atoms. The molecule has 0 saturated heterocycles. The van der Waals surface area contributed by atoms with E-state index in [0.717, 1.165) is 12.0 Å². The number of rotatable bonds is 2. The van der Waals surface area contributed by atoms with Gasteiger partial charge in [0.05, 0.1) is 16.2 Å². The monoisotopic (exact) mass is 778 g/mol. The average Bonchev–Trinajstić information content (AvgIpc) is 2.78. The Morgan fingerprint density at radius 1 is 0.780 bits per heavy atom. The molecule has 228 valence electrons. The summed E-state index contributed by atoms with van der Waals surface area (Å²) in [5, 5.41) is 19.7. The van der Waals surface area contributed by atoms with Crippen molar-refractivity contribution in [2.75, 3.05) is 22.9 Å². The van der Waals surface area contributed by atoms with Crippen LogP contribution in [0.3, 0.4) is 0 Å². The number of aromatic nitrogens is 3. The zero-order valence-corrected chi connectivity index (χ0v) is 30.1. The van der Waals surface area contributed by atoms with Crippen LogP contribution in [0.15, 0.2) is 36.4 Å². The van der Waals surface area contributed by atoms with Crippen LogP contribution in [0.1, 0.15) is 47.1 Å². The number of nitrogens with two attached hydrogens (primary N) is 4. The first-order valence-corrected chi connectivity index (χ1v) is 19.8. The maximum atomic E-state index is 10.2. The van der Waals surface area contributed by atoms with E-state index in [0.29, 0.717) is 21.8 Å². The third-order valence-electron chi connectivity index (χ3n) is 3.69. The predicted octanol–water partition coefficient (Wildman–Crippen LogP) is 6.81. The summed E-state index contributed by atoms with van der Waals surface area (Å²) in [7, 11) is 9.87. The van der Waals surface area contributed by atoms with Gasteiger partial charge in [-0.1, -0.05) is 61.6 Å². The van der Waals surface area contributed by atoms with Gasteiger partial charge < -0.3 is 28.0 Å². The standard InChI is InChI=1S/C10H15ClN2.C5H4ClN3O2.C5H6ClN3.C4H10O.2ClH.Sn/c1-10(2,3)6-7-4-5-8(11)13-9(7)12;6-4-2-1-3(9(10)11)5(7)8-4;6-4-2-1-3(7)5(8)9-4;1-4(2,3)5;;;/h4-5H,6H2,1-3H3,(H2,12,13);1-2H,(H2,7,8);1-2H,7H2,(H2,8,9);5H,1-3H3;2*1H;/q;;;;;;+2/p-2. The SMILES string of the molecule is CC(C)(C)Cc1ccc(Cl)nc1N.CC(C)(C)O.Nc1ccc(Cl)nc1N.Nc1nc(Cl)ccc1[N+](=O)[O-].[Cl][Sn][Cl]. The number of anilines is 4. The number of nitrogen functional groups attached to an aromatic ring is 4. The Morgan fingerprint density at radius 2 is 1.15 bits per heavy atom. The Balaban J connectivity index is 0. The third kappa shape index (κ3) is 23.5. The van der Waals surface area contributed by atoms with Crippen molar-refractivity contribution in [2.45, 2.75) is 53.6 Å². The van der Waals surface area contributed by atoms with Gasteiger partial charge in [0.2, 0.25) is 5.82 Å². The van der Waals surface area contributed by atoms with Crippen LogP contribution in [0.5, 0.6) is 0 Å². The van der Waals surface area contributed by atoms with Crippen molar-refractivity contribution in [3.8, 4) is 0 Å². The zero-order chi connectivity index (χ0) is 32.6. The quantitative estimate of drug-likeness (QED) is 0.0795. The van der Waals surface area contributed by atoms with Gasteiger partial charge in [-0.3, -0.25) is 10.1 Å². The molecule has 0 unspecified atom stereocenters. The number of aliphatic hydroxyl groups is 1. The molecular formula is C24H35Cl5N8O3Sn. The number of hydrogen-bond donors (Lipinski definition) is 5. The fourth-order valence-corrected chi connectivity index (χ4v) is 2.72. The topological polar surface area (TPSA) is 206 Å². The van der Waals surface area contributed by atoms with Gasteiger partial charge in [0.1, 0.15) is 27.1 Å². The van der Waals surface area contributed by atoms with E-state index in [9.17, 15) is 10.1 Å². The van der Waals surface area contributed by atoms with E-state index in [1.807, 2.05) is 6.07 Å². The van der Waals surface area contributed by atoms with Crippen LogP contribution in [0, 0.1) is 15.5 Å². The third-order valence-corrected chi connectivity index (χ3v) is 4.32. The van der Waals surface area contributed by atoms with Crippen molar-refractivity contribution in [1.82, 2.24) is 15.0 Å². The van der Waals surface area contributed by atoms with E-state index in [1.165, 1.54) is 12.1 Å². The summed E-state index contributed by atoms with van der Waals surface area (Å²) in [6.45, 7) is 11.7. The predicted molar refractivity (Wildman–Crippen MR) is 175 cm³/mol. The Kier molecular flexibility index (Phi) is 20.4. The zero-order valence-electron chi connectivity index (χ0n) is 23.4. The van der Waals surface area contributed by atoms with Gasteiger partial charge >= 0.3 is 42.4 Å². The number of hydrogen-bond acceptors (Lipinski definition) is 10. The number of nitrogens with zero attached hydrogens (tertiary/aromatic N) is 4. The van der Waals surface area contributed by atoms with E-state index >= 15 is 0 Å². The number of nitro groups is 1. The van der Waals surface area contributed by atoms with E-state index in [-0.39, 0.29) is 27.9 Å². The number of pyridine rings is 3. The summed E-state index contributed by atoms with van der Waals surface area (Å²) in [6.07, 6.45) is 0.920. The molecule has 0 amide bonds. The molecular weight excluding hydrogens is 744 g/mol. The Morgan fingerprint density at radius 3 is 1.46 bits per heavy atom. The second-order valence-corrected chi connectivity index (χ2v) is 15.5. The van der Waals surface area contributed by atoms with Crippen molar-refractivity contribution in [2.24, 2.45) is 5.41 Å². The summed E-state index contributed by atoms with van der Waals surface area (Å²) in [5.74, 6) is 0.660. The molecule has 0 aliphatic rings. The molecule has 0 aliphatic heterocycles. The summed E-state index contributed by atoms with van der Waals surface area (Å²) in [4.78, 5) is 20.8. The molecule has 0 aliphatic carbocycles. The molecule has 0 aromatic carbocycles. The van der Waals surface area contributed by atoms with Gasteiger partial charge in [0.25, 0.3) is 0 Å². The second-order valence-electron chi connectivity index (χ2n) is 10.1. The van der Waals surface area contributed by atoms with Gasteiger partial charge in [0.15, 0.2) is 0 Å². The van der Waals surface area contributed by atoms with Gasteiger partial charge in [-0.15, -0.1) is 0 Å². The van der Waals surface area contributed by atoms with Crippen molar-refractivity contribution >= 4 is 100 Å². The number of halogens is 5. The molecule has 0 fully saturated rings. The van der Waals surface area contributed by atoms with Crippen molar-refractivity contribution in [1.29, 1.82) is 0 Å². The first kappa shape index (κ1) is 41.4. The van der Waals surface area contributed by atoms with Gasteiger partial charge in [-0.2, -0.15) is 0 Å². The second kappa shape index (κ2) is 20.2. The van der Waals surface area contributed by atoms with Crippen molar-refractivity contribution < 1.29 is 10.0 Å². The molecule has 3 aromatic rings. The van der Waals surface area contributed by atoms with Gasteiger partial charge in [-0.25, -0.2) is 15.0 Å². The summed E-state index contributed by atoms with van der Waals surface area (Å²) in [5.41, 5.74) is 22.6. The minimum atomic E-state index is -0.826. The average molecular weight is 780 g/mol.